The van der Waals surface area contributed by atoms with Gasteiger partial charge in [0.05, 0.1) is 11.8 Å². The van der Waals surface area contributed by atoms with Crippen molar-refractivity contribution in [2.24, 2.45) is 0 Å². The molecule has 1 N–H and O–H groups in total. The van der Waals surface area contributed by atoms with Crippen LogP contribution in [0.3, 0.4) is 0 Å². The Hall–Kier alpha value is -4.27. The molecule has 9 nitrogen and oxygen atoms in total. The normalized spacial score (nSPS) is 11.4. The van der Waals surface area contributed by atoms with Gasteiger partial charge in [-0.15, -0.1) is 0 Å². The molecule has 0 unspecified atom stereocenters. The molecule has 3 aromatic heterocycles. The van der Waals surface area contributed by atoms with E-state index in [-0.39, 0.29) is 24.6 Å². The number of aryl methyl sites for hydroxylation is 3. The summed E-state index contributed by atoms with van der Waals surface area (Å²) in [7, 11) is 0. The lowest BCUT2D eigenvalue weighted by Gasteiger charge is -2.09. The Bertz CT molecular complexity index is 1590. The molecule has 0 saturated heterocycles. The van der Waals surface area contributed by atoms with Crippen LogP contribution in [0, 0.1) is 13.8 Å². The average Bonchev–Trinajstić information content (AvgIpc) is 3.40. The minimum absolute atomic E-state index is 0.0287. The number of rotatable bonds is 7. The van der Waals surface area contributed by atoms with Gasteiger partial charge in [-0.25, -0.2) is 4.98 Å². The highest BCUT2D eigenvalue weighted by Crippen LogP contribution is 2.26. The summed E-state index contributed by atoms with van der Waals surface area (Å²) in [5, 5.41) is 7.70. The van der Waals surface area contributed by atoms with Gasteiger partial charge in [-0.2, -0.15) is 4.98 Å². The maximum Gasteiger partial charge on any atom is 0.278 e. The lowest BCUT2D eigenvalue weighted by molar-refractivity contribution is -0.116. The minimum atomic E-state index is -0.276. The lowest BCUT2D eigenvalue weighted by Crippen LogP contribution is -2.25. The molecule has 0 spiro atoms. The Morgan fingerprint density at radius 2 is 1.86 bits per heavy atom. The highest BCUT2D eigenvalue weighted by atomic mass is 16.5. The first kappa shape index (κ1) is 22.5. The first-order chi connectivity index (χ1) is 16.9. The van der Waals surface area contributed by atoms with E-state index in [4.69, 9.17) is 4.52 Å². The SMILES string of the molecule is CCCc1noc(Cn2cnc3c4cc(C)ccc4n(CC(=O)Nc4ccc(C)cc4)c3c2=O)n1. The molecule has 9 heteroatoms. The van der Waals surface area contributed by atoms with Crippen LogP contribution in [0.1, 0.15) is 36.2 Å². The molecule has 35 heavy (non-hydrogen) atoms. The predicted octanol–water partition coefficient (Wildman–Crippen LogP) is 3.99. The molecular formula is C26H26N6O3. The van der Waals surface area contributed by atoms with Crippen molar-refractivity contribution < 1.29 is 9.32 Å². The first-order valence-corrected chi connectivity index (χ1v) is 11.6. The molecule has 0 saturated carbocycles. The van der Waals surface area contributed by atoms with Gasteiger partial charge in [-0.05, 0) is 44.5 Å². The summed E-state index contributed by atoms with van der Waals surface area (Å²) in [6.45, 7) is 6.08. The maximum atomic E-state index is 13.6. The fourth-order valence-corrected chi connectivity index (χ4v) is 4.20. The van der Waals surface area contributed by atoms with Crippen LogP contribution in [0.2, 0.25) is 0 Å². The summed E-state index contributed by atoms with van der Waals surface area (Å²) in [6.07, 6.45) is 3.10. The van der Waals surface area contributed by atoms with Gasteiger partial charge in [0.1, 0.15) is 24.1 Å². The molecule has 0 bridgehead atoms. The van der Waals surface area contributed by atoms with Crippen molar-refractivity contribution in [3.8, 4) is 0 Å². The number of carbonyl (C=O) groups excluding carboxylic acids is 1. The number of benzene rings is 2. The van der Waals surface area contributed by atoms with Crippen LogP contribution in [-0.4, -0.2) is 30.2 Å². The third-order valence-electron chi connectivity index (χ3n) is 5.91. The number of anilines is 1. The van der Waals surface area contributed by atoms with Gasteiger partial charge in [-0.1, -0.05) is 41.4 Å². The van der Waals surface area contributed by atoms with E-state index in [0.29, 0.717) is 34.9 Å². The number of amides is 1. The van der Waals surface area contributed by atoms with E-state index in [1.165, 1.54) is 10.9 Å². The van der Waals surface area contributed by atoms with Crippen molar-refractivity contribution in [3.05, 3.63) is 82.0 Å². The van der Waals surface area contributed by atoms with Gasteiger partial charge in [-0.3, -0.25) is 14.2 Å². The van der Waals surface area contributed by atoms with E-state index in [1.54, 1.807) is 4.57 Å². The van der Waals surface area contributed by atoms with E-state index in [0.717, 1.165) is 28.5 Å². The van der Waals surface area contributed by atoms with Crippen LogP contribution in [-0.2, 0) is 24.3 Å². The fraction of sp³-hybridized carbons (Fsp3) is 0.269. The van der Waals surface area contributed by atoms with E-state index in [2.05, 4.69) is 20.4 Å². The zero-order valence-electron chi connectivity index (χ0n) is 19.9. The number of hydrogen-bond acceptors (Lipinski definition) is 6. The quantitative estimate of drug-likeness (QED) is 0.385. The van der Waals surface area contributed by atoms with E-state index >= 15 is 0 Å². The Kier molecular flexibility index (Phi) is 5.90. The Morgan fingerprint density at radius 1 is 1.09 bits per heavy atom. The van der Waals surface area contributed by atoms with Gasteiger partial charge >= 0.3 is 0 Å². The zero-order valence-corrected chi connectivity index (χ0v) is 19.9. The first-order valence-electron chi connectivity index (χ1n) is 11.6. The van der Waals surface area contributed by atoms with Crippen LogP contribution < -0.4 is 10.9 Å². The van der Waals surface area contributed by atoms with Crippen molar-refractivity contribution in [1.29, 1.82) is 0 Å². The van der Waals surface area contributed by atoms with E-state index in [1.807, 2.05) is 63.2 Å². The molecular weight excluding hydrogens is 444 g/mol. The highest BCUT2D eigenvalue weighted by Gasteiger charge is 2.19. The number of fused-ring (bicyclic) bond motifs is 3. The van der Waals surface area contributed by atoms with Crippen molar-refractivity contribution >= 4 is 33.5 Å². The molecule has 0 aliphatic carbocycles. The molecule has 2 aromatic carbocycles. The Balaban J connectivity index is 1.56. The zero-order chi connectivity index (χ0) is 24.5. The lowest BCUT2D eigenvalue weighted by atomic mass is 10.1. The van der Waals surface area contributed by atoms with Crippen LogP contribution >= 0.6 is 0 Å². The molecule has 5 rings (SSSR count). The van der Waals surface area contributed by atoms with Crippen molar-refractivity contribution in [1.82, 2.24) is 24.3 Å². The summed E-state index contributed by atoms with van der Waals surface area (Å²) in [6, 6.07) is 13.4. The minimum Gasteiger partial charge on any atom is -0.337 e. The molecule has 0 radical (unpaired) electrons. The van der Waals surface area contributed by atoms with Crippen molar-refractivity contribution in [2.45, 2.75) is 46.7 Å². The van der Waals surface area contributed by atoms with Gasteiger partial charge in [0, 0.05) is 17.5 Å². The third-order valence-corrected chi connectivity index (χ3v) is 5.91. The maximum absolute atomic E-state index is 13.6. The number of nitrogens with zero attached hydrogens (tertiary/aromatic N) is 5. The third kappa shape index (κ3) is 4.44. The standard InChI is InChI=1S/C26H26N6O3/c1-4-5-21-29-23(35-30-21)14-31-15-27-24-19-12-17(3)8-11-20(19)32(25(24)26(31)34)13-22(33)28-18-9-6-16(2)7-10-18/h6-12,15H,4-5,13-14H2,1-3H3,(H,28,33). The smallest absolute Gasteiger partial charge is 0.278 e. The van der Waals surface area contributed by atoms with Gasteiger partial charge < -0.3 is 14.4 Å². The second-order valence-corrected chi connectivity index (χ2v) is 8.75. The molecule has 3 heterocycles. The highest BCUT2D eigenvalue weighted by molar-refractivity contribution is 6.06. The van der Waals surface area contributed by atoms with Crippen LogP contribution in [0.25, 0.3) is 21.9 Å². The molecule has 178 valence electrons. The molecule has 0 fully saturated rings. The number of carbonyl (C=O) groups is 1. The summed E-state index contributed by atoms with van der Waals surface area (Å²) >= 11 is 0. The topological polar surface area (TPSA) is 108 Å². The van der Waals surface area contributed by atoms with Crippen molar-refractivity contribution in [3.63, 3.8) is 0 Å². The van der Waals surface area contributed by atoms with E-state index in [9.17, 15) is 9.59 Å². The number of aromatic nitrogens is 5. The van der Waals surface area contributed by atoms with Crippen LogP contribution in [0.15, 0.2) is 58.1 Å². The fourth-order valence-electron chi connectivity index (χ4n) is 4.20. The van der Waals surface area contributed by atoms with E-state index < -0.39 is 0 Å². The summed E-state index contributed by atoms with van der Waals surface area (Å²) in [5.41, 5.74) is 4.27. The summed E-state index contributed by atoms with van der Waals surface area (Å²) in [5.74, 6) is 0.721. The molecule has 5 aromatic rings. The summed E-state index contributed by atoms with van der Waals surface area (Å²) < 4.78 is 8.48. The molecule has 0 aliphatic heterocycles. The molecule has 0 atom stereocenters. The largest absolute Gasteiger partial charge is 0.337 e. The van der Waals surface area contributed by atoms with Gasteiger partial charge in [0.15, 0.2) is 5.82 Å². The second-order valence-electron chi connectivity index (χ2n) is 8.75. The average molecular weight is 471 g/mol. The number of hydrogen-bond donors (Lipinski definition) is 1. The van der Waals surface area contributed by atoms with Gasteiger partial charge in [0.25, 0.3) is 5.56 Å². The Labute approximate surface area is 201 Å². The summed E-state index contributed by atoms with van der Waals surface area (Å²) in [4.78, 5) is 35.5. The number of nitrogens with one attached hydrogen (secondary N) is 1. The Morgan fingerprint density at radius 3 is 2.63 bits per heavy atom. The van der Waals surface area contributed by atoms with Crippen molar-refractivity contribution in [2.75, 3.05) is 5.32 Å². The monoisotopic (exact) mass is 470 g/mol. The molecule has 1 amide bonds. The molecule has 0 aliphatic rings. The van der Waals surface area contributed by atoms with Gasteiger partial charge in [0.2, 0.25) is 11.8 Å². The predicted molar refractivity (Wildman–Crippen MR) is 133 cm³/mol. The van der Waals surface area contributed by atoms with Crippen LogP contribution in [0.5, 0.6) is 0 Å². The van der Waals surface area contributed by atoms with Crippen LogP contribution in [0.4, 0.5) is 5.69 Å². The second kappa shape index (κ2) is 9.17.